The number of hydrogen-bond donors (Lipinski definition) is 1. The minimum absolute atomic E-state index is 0.111. The summed E-state index contributed by atoms with van der Waals surface area (Å²) in [5.41, 5.74) is 6.93. The van der Waals surface area contributed by atoms with Crippen molar-refractivity contribution in [3.63, 3.8) is 0 Å². The highest BCUT2D eigenvalue weighted by Gasteiger charge is 2.18. The summed E-state index contributed by atoms with van der Waals surface area (Å²) in [6, 6.07) is 5.22. The Kier molecular flexibility index (Phi) is 4.94. The molecule has 2 nitrogen and oxygen atoms in total. The van der Waals surface area contributed by atoms with E-state index in [2.05, 4.69) is 13.8 Å². The summed E-state index contributed by atoms with van der Waals surface area (Å²) in [5.74, 6) is 0.829. The van der Waals surface area contributed by atoms with E-state index in [9.17, 15) is 4.39 Å². The van der Waals surface area contributed by atoms with Gasteiger partial charge in [-0.05, 0) is 42.9 Å². The molecule has 0 heterocycles. The maximum absolute atomic E-state index is 13.5. The molecule has 0 spiro atoms. The van der Waals surface area contributed by atoms with Gasteiger partial charge < -0.3 is 10.5 Å². The standard InChI is InChI=1S/C14H22FNO/c1-9(2)12(10(3)16)7-11-5-6-14(17-4)13(15)8-11/h5-6,8-10,12H,7,16H2,1-4H3. The molecule has 3 heteroatoms. The van der Waals surface area contributed by atoms with Crippen molar-refractivity contribution in [1.29, 1.82) is 0 Å². The van der Waals surface area contributed by atoms with Crippen LogP contribution in [-0.2, 0) is 6.42 Å². The molecule has 0 aromatic heterocycles. The van der Waals surface area contributed by atoms with Crippen molar-refractivity contribution in [2.24, 2.45) is 17.6 Å². The van der Waals surface area contributed by atoms with Crippen LogP contribution in [0.1, 0.15) is 26.3 Å². The first-order valence-corrected chi connectivity index (χ1v) is 6.03. The molecule has 2 unspecified atom stereocenters. The Labute approximate surface area is 103 Å². The molecule has 0 saturated carbocycles. The van der Waals surface area contributed by atoms with E-state index in [1.807, 2.05) is 13.0 Å². The predicted molar refractivity (Wildman–Crippen MR) is 68.6 cm³/mol. The Hall–Kier alpha value is -1.09. The Morgan fingerprint density at radius 1 is 1.29 bits per heavy atom. The van der Waals surface area contributed by atoms with Crippen LogP contribution in [0.2, 0.25) is 0 Å². The van der Waals surface area contributed by atoms with Gasteiger partial charge in [0.2, 0.25) is 0 Å². The molecule has 0 saturated heterocycles. The van der Waals surface area contributed by atoms with E-state index < -0.39 is 0 Å². The van der Waals surface area contributed by atoms with Gasteiger partial charge in [-0.2, -0.15) is 0 Å². The van der Waals surface area contributed by atoms with Crippen molar-refractivity contribution in [2.75, 3.05) is 7.11 Å². The lowest BCUT2D eigenvalue weighted by atomic mass is 9.84. The van der Waals surface area contributed by atoms with Crippen molar-refractivity contribution in [2.45, 2.75) is 33.2 Å². The quantitative estimate of drug-likeness (QED) is 0.857. The second-order valence-electron chi connectivity index (χ2n) is 4.94. The third-order valence-electron chi connectivity index (χ3n) is 3.22. The summed E-state index contributed by atoms with van der Waals surface area (Å²) >= 11 is 0. The molecule has 0 aliphatic rings. The maximum atomic E-state index is 13.5. The lowest BCUT2D eigenvalue weighted by Crippen LogP contribution is -2.32. The van der Waals surface area contributed by atoms with Gasteiger partial charge in [0.25, 0.3) is 0 Å². The molecule has 0 bridgehead atoms. The molecule has 1 aromatic rings. The Balaban J connectivity index is 2.83. The Morgan fingerprint density at radius 3 is 2.35 bits per heavy atom. The van der Waals surface area contributed by atoms with Crippen LogP contribution in [0, 0.1) is 17.7 Å². The SMILES string of the molecule is COc1ccc(CC(C(C)C)C(C)N)cc1F. The zero-order valence-electron chi connectivity index (χ0n) is 11.0. The molecule has 2 atom stereocenters. The molecule has 0 aliphatic carbocycles. The molecule has 1 aromatic carbocycles. The second kappa shape index (κ2) is 6.01. The number of hydrogen-bond acceptors (Lipinski definition) is 2. The van der Waals surface area contributed by atoms with Crippen LogP contribution in [0.4, 0.5) is 4.39 Å². The smallest absolute Gasteiger partial charge is 0.165 e. The normalized spacial score (nSPS) is 14.8. The van der Waals surface area contributed by atoms with Gasteiger partial charge in [-0.25, -0.2) is 4.39 Å². The molecule has 2 N–H and O–H groups in total. The fourth-order valence-corrected chi connectivity index (χ4v) is 2.14. The van der Waals surface area contributed by atoms with Crippen molar-refractivity contribution >= 4 is 0 Å². The third kappa shape index (κ3) is 3.70. The van der Waals surface area contributed by atoms with Gasteiger partial charge >= 0.3 is 0 Å². The van der Waals surface area contributed by atoms with E-state index in [4.69, 9.17) is 10.5 Å². The molecule has 0 radical (unpaired) electrons. The third-order valence-corrected chi connectivity index (χ3v) is 3.22. The van der Waals surface area contributed by atoms with E-state index in [0.29, 0.717) is 11.8 Å². The van der Waals surface area contributed by atoms with Gasteiger partial charge in [0.1, 0.15) is 0 Å². The van der Waals surface area contributed by atoms with Gasteiger partial charge in [-0.3, -0.25) is 0 Å². The Bertz CT molecular complexity index is 355. The van der Waals surface area contributed by atoms with Gasteiger partial charge in [0, 0.05) is 6.04 Å². The molecular formula is C14H22FNO. The van der Waals surface area contributed by atoms with Crippen molar-refractivity contribution < 1.29 is 9.13 Å². The van der Waals surface area contributed by atoms with Crippen LogP contribution in [-0.4, -0.2) is 13.2 Å². The monoisotopic (exact) mass is 239 g/mol. The molecule has 17 heavy (non-hydrogen) atoms. The highest BCUT2D eigenvalue weighted by Crippen LogP contribution is 2.23. The molecular weight excluding hydrogens is 217 g/mol. The van der Waals surface area contributed by atoms with Crippen LogP contribution < -0.4 is 10.5 Å². The first kappa shape index (κ1) is 14.0. The number of halogens is 1. The van der Waals surface area contributed by atoms with E-state index in [-0.39, 0.29) is 17.6 Å². The average Bonchev–Trinajstić information content (AvgIpc) is 2.25. The summed E-state index contributed by atoms with van der Waals surface area (Å²) in [6.07, 6.45) is 0.802. The summed E-state index contributed by atoms with van der Waals surface area (Å²) in [4.78, 5) is 0. The van der Waals surface area contributed by atoms with Crippen LogP contribution in [0.15, 0.2) is 18.2 Å². The molecule has 1 rings (SSSR count). The average molecular weight is 239 g/mol. The molecule has 0 amide bonds. The van der Waals surface area contributed by atoms with Crippen molar-refractivity contribution in [3.05, 3.63) is 29.6 Å². The van der Waals surface area contributed by atoms with E-state index in [1.54, 1.807) is 6.07 Å². The molecule has 0 aliphatic heterocycles. The van der Waals surface area contributed by atoms with E-state index in [1.165, 1.54) is 13.2 Å². The fourth-order valence-electron chi connectivity index (χ4n) is 2.14. The predicted octanol–water partition coefficient (Wildman–Crippen LogP) is 3.00. The highest BCUT2D eigenvalue weighted by molar-refractivity contribution is 5.29. The van der Waals surface area contributed by atoms with Gasteiger partial charge in [0.15, 0.2) is 11.6 Å². The first-order valence-electron chi connectivity index (χ1n) is 6.03. The highest BCUT2D eigenvalue weighted by atomic mass is 19.1. The van der Waals surface area contributed by atoms with Gasteiger partial charge in [0.05, 0.1) is 7.11 Å². The zero-order valence-corrected chi connectivity index (χ0v) is 11.0. The molecule has 96 valence electrons. The number of methoxy groups -OCH3 is 1. The summed E-state index contributed by atoms with van der Waals surface area (Å²) in [6.45, 7) is 6.30. The van der Waals surface area contributed by atoms with E-state index in [0.717, 1.165) is 12.0 Å². The summed E-state index contributed by atoms with van der Waals surface area (Å²) in [5, 5.41) is 0. The van der Waals surface area contributed by atoms with Crippen LogP contribution in [0.25, 0.3) is 0 Å². The van der Waals surface area contributed by atoms with Gasteiger partial charge in [-0.1, -0.05) is 19.9 Å². The largest absolute Gasteiger partial charge is 0.494 e. The van der Waals surface area contributed by atoms with Gasteiger partial charge in [-0.15, -0.1) is 0 Å². The number of ether oxygens (including phenoxy) is 1. The van der Waals surface area contributed by atoms with Crippen molar-refractivity contribution in [1.82, 2.24) is 0 Å². The fraction of sp³-hybridized carbons (Fsp3) is 0.571. The lowest BCUT2D eigenvalue weighted by Gasteiger charge is -2.24. The van der Waals surface area contributed by atoms with Crippen molar-refractivity contribution in [3.8, 4) is 5.75 Å². The Morgan fingerprint density at radius 2 is 1.94 bits per heavy atom. The zero-order chi connectivity index (χ0) is 13.0. The summed E-state index contributed by atoms with van der Waals surface area (Å²) in [7, 11) is 1.47. The lowest BCUT2D eigenvalue weighted by molar-refractivity contribution is 0.329. The maximum Gasteiger partial charge on any atom is 0.165 e. The van der Waals surface area contributed by atoms with Crippen LogP contribution >= 0.6 is 0 Å². The number of rotatable bonds is 5. The first-order chi connectivity index (χ1) is 7.95. The molecule has 0 fully saturated rings. The number of nitrogens with two attached hydrogens (primary N) is 1. The number of benzene rings is 1. The van der Waals surface area contributed by atoms with E-state index >= 15 is 0 Å². The summed E-state index contributed by atoms with van der Waals surface area (Å²) < 4.78 is 18.4. The minimum atomic E-state index is -0.308. The minimum Gasteiger partial charge on any atom is -0.494 e. The van der Waals surface area contributed by atoms with Crippen LogP contribution in [0.5, 0.6) is 5.75 Å². The van der Waals surface area contributed by atoms with Crippen LogP contribution in [0.3, 0.4) is 0 Å². The second-order valence-corrected chi connectivity index (χ2v) is 4.94. The topological polar surface area (TPSA) is 35.2 Å².